The topological polar surface area (TPSA) is 57.0 Å². The van der Waals surface area contributed by atoms with E-state index >= 15 is 0 Å². The molecule has 0 N–H and O–H groups in total. The summed E-state index contributed by atoms with van der Waals surface area (Å²) >= 11 is 4.87. The van der Waals surface area contributed by atoms with Gasteiger partial charge in [0.15, 0.2) is 16.8 Å². The van der Waals surface area contributed by atoms with Crippen molar-refractivity contribution in [2.75, 3.05) is 5.75 Å². The maximum absolute atomic E-state index is 12.7. The Balaban J connectivity index is 1.60. The molecule has 0 amide bonds. The van der Waals surface area contributed by atoms with Crippen LogP contribution in [0.1, 0.15) is 47.1 Å². The van der Waals surface area contributed by atoms with Crippen LogP contribution in [0.25, 0.3) is 5.69 Å². The quantitative estimate of drug-likeness (QED) is 0.170. The van der Waals surface area contributed by atoms with Crippen molar-refractivity contribution in [1.29, 1.82) is 0 Å². The number of benzene rings is 3. The van der Waals surface area contributed by atoms with Gasteiger partial charge < -0.3 is 4.74 Å². The molecular weight excluding hydrogens is 510 g/mol. The van der Waals surface area contributed by atoms with E-state index in [-0.39, 0.29) is 18.1 Å². The minimum absolute atomic E-state index is 0.0510. The van der Waals surface area contributed by atoms with Crippen LogP contribution in [-0.2, 0) is 6.61 Å². The summed E-state index contributed by atoms with van der Waals surface area (Å²) in [5.41, 5.74) is 3.90. The normalized spacial score (nSPS) is 11.1. The van der Waals surface area contributed by atoms with Crippen molar-refractivity contribution in [3.8, 4) is 11.4 Å². The standard InChI is InChI=1S/C27H26BrN3O2S/c1-18(2)23-14-9-19(3)15-25(23)33-16-26-29-30-27(31(26)22-12-10-21(28)11-13-22)34-17-24(32)20-7-5-4-6-8-20/h4-15,18H,16-17H2,1-3H3. The highest BCUT2D eigenvalue weighted by molar-refractivity contribution is 9.10. The van der Waals surface area contributed by atoms with Gasteiger partial charge in [-0.15, -0.1) is 10.2 Å². The molecule has 1 aromatic heterocycles. The van der Waals surface area contributed by atoms with E-state index < -0.39 is 0 Å². The van der Waals surface area contributed by atoms with Gasteiger partial charge in [-0.05, 0) is 54.3 Å². The van der Waals surface area contributed by atoms with Crippen molar-refractivity contribution in [1.82, 2.24) is 14.8 Å². The third kappa shape index (κ3) is 5.77. The monoisotopic (exact) mass is 535 g/mol. The van der Waals surface area contributed by atoms with E-state index in [0.29, 0.717) is 22.5 Å². The predicted octanol–water partition coefficient (Wildman–Crippen LogP) is 7.02. The molecule has 7 heteroatoms. The van der Waals surface area contributed by atoms with Crippen molar-refractivity contribution in [3.05, 3.63) is 99.8 Å². The number of rotatable bonds is 9. The number of nitrogens with zero attached hydrogens (tertiary/aromatic N) is 3. The first kappa shape index (κ1) is 24.2. The molecule has 0 unspecified atom stereocenters. The van der Waals surface area contributed by atoms with E-state index in [0.717, 1.165) is 27.0 Å². The fraction of sp³-hybridized carbons (Fsp3) is 0.222. The first-order chi connectivity index (χ1) is 16.4. The molecule has 0 radical (unpaired) electrons. The van der Waals surface area contributed by atoms with Crippen LogP contribution in [0.5, 0.6) is 5.75 Å². The molecule has 0 aliphatic heterocycles. The van der Waals surface area contributed by atoms with Crippen LogP contribution in [0.4, 0.5) is 0 Å². The van der Waals surface area contributed by atoms with Crippen LogP contribution in [0.3, 0.4) is 0 Å². The molecule has 0 fully saturated rings. The van der Waals surface area contributed by atoms with Gasteiger partial charge in [0.05, 0.1) is 5.75 Å². The maximum atomic E-state index is 12.7. The molecule has 34 heavy (non-hydrogen) atoms. The minimum Gasteiger partial charge on any atom is -0.485 e. The average molecular weight is 536 g/mol. The lowest BCUT2D eigenvalue weighted by Crippen LogP contribution is -2.09. The Morgan fingerprint density at radius 3 is 2.47 bits per heavy atom. The fourth-order valence-corrected chi connectivity index (χ4v) is 4.69. The zero-order valence-corrected chi connectivity index (χ0v) is 21.8. The lowest BCUT2D eigenvalue weighted by atomic mass is 10.0. The van der Waals surface area contributed by atoms with Crippen LogP contribution in [0, 0.1) is 6.92 Å². The number of carbonyl (C=O) groups is 1. The third-order valence-corrected chi connectivity index (χ3v) is 6.82. The smallest absolute Gasteiger partial charge is 0.196 e. The van der Waals surface area contributed by atoms with Crippen LogP contribution in [0.2, 0.25) is 0 Å². The second kappa shape index (κ2) is 11.0. The van der Waals surface area contributed by atoms with Gasteiger partial charge in [0.1, 0.15) is 12.4 Å². The highest BCUT2D eigenvalue weighted by Crippen LogP contribution is 2.29. The molecule has 174 valence electrons. The molecule has 0 aliphatic carbocycles. The predicted molar refractivity (Wildman–Crippen MR) is 140 cm³/mol. The fourth-order valence-electron chi connectivity index (χ4n) is 3.56. The number of halogens is 1. The molecule has 0 atom stereocenters. The lowest BCUT2D eigenvalue weighted by Gasteiger charge is -2.15. The van der Waals surface area contributed by atoms with Crippen molar-refractivity contribution in [2.45, 2.75) is 38.5 Å². The number of ketones is 1. The second-order valence-electron chi connectivity index (χ2n) is 8.27. The van der Waals surface area contributed by atoms with Gasteiger partial charge in [0, 0.05) is 15.7 Å². The van der Waals surface area contributed by atoms with Gasteiger partial charge >= 0.3 is 0 Å². The number of aryl methyl sites for hydroxylation is 1. The number of aromatic nitrogens is 3. The van der Waals surface area contributed by atoms with Crippen molar-refractivity contribution >= 4 is 33.5 Å². The summed E-state index contributed by atoms with van der Waals surface area (Å²) in [4.78, 5) is 12.7. The molecular formula is C27H26BrN3O2S. The van der Waals surface area contributed by atoms with Gasteiger partial charge in [0.2, 0.25) is 0 Å². The van der Waals surface area contributed by atoms with Gasteiger partial charge in [-0.1, -0.05) is 84.0 Å². The Morgan fingerprint density at radius 2 is 1.76 bits per heavy atom. The molecule has 0 bridgehead atoms. The van der Waals surface area contributed by atoms with Crippen molar-refractivity contribution in [3.63, 3.8) is 0 Å². The Kier molecular flexibility index (Phi) is 7.85. The molecule has 0 aliphatic rings. The van der Waals surface area contributed by atoms with Crippen LogP contribution >= 0.6 is 27.7 Å². The molecule has 0 spiro atoms. The average Bonchev–Trinajstić information content (AvgIpc) is 3.24. The summed E-state index contributed by atoms with van der Waals surface area (Å²) in [6.45, 7) is 6.62. The van der Waals surface area contributed by atoms with Crippen molar-refractivity contribution in [2.24, 2.45) is 0 Å². The molecule has 0 saturated carbocycles. The number of hydrogen-bond donors (Lipinski definition) is 0. The summed E-state index contributed by atoms with van der Waals surface area (Å²) in [5.74, 6) is 2.20. The first-order valence-electron chi connectivity index (χ1n) is 11.1. The third-order valence-electron chi connectivity index (χ3n) is 5.36. The van der Waals surface area contributed by atoms with E-state index in [2.05, 4.69) is 65.1 Å². The highest BCUT2D eigenvalue weighted by Gasteiger charge is 2.18. The van der Waals surface area contributed by atoms with Crippen LogP contribution in [0.15, 0.2) is 82.4 Å². The summed E-state index contributed by atoms with van der Waals surface area (Å²) in [5, 5.41) is 9.47. The summed E-state index contributed by atoms with van der Waals surface area (Å²) in [7, 11) is 0. The van der Waals surface area contributed by atoms with E-state index in [1.165, 1.54) is 11.8 Å². The van der Waals surface area contributed by atoms with E-state index in [1.54, 1.807) is 0 Å². The number of thioether (sulfide) groups is 1. The molecule has 4 rings (SSSR count). The van der Waals surface area contributed by atoms with Crippen LogP contribution in [-0.4, -0.2) is 26.3 Å². The second-order valence-corrected chi connectivity index (χ2v) is 10.1. The molecule has 4 aromatic rings. The summed E-state index contributed by atoms with van der Waals surface area (Å²) in [6, 6.07) is 23.5. The van der Waals surface area contributed by atoms with Crippen molar-refractivity contribution < 1.29 is 9.53 Å². The van der Waals surface area contributed by atoms with Gasteiger partial charge in [-0.2, -0.15) is 0 Å². The number of Topliss-reactive ketones (excluding diaryl/α,β-unsaturated/α-hetero) is 1. The molecule has 5 nitrogen and oxygen atoms in total. The zero-order valence-electron chi connectivity index (χ0n) is 19.4. The molecule has 1 heterocycles. The van der Waals surface area contributed by atoms with E-state index in [1.807, 2.05) is 59.2 Å². The lowest BCUT2D eigenvalue weighted by molar-refractivity contribution is 0.102. The van der Waals surface area contributed by atoms with Gasteiger partial charge in [-0.3, -0.25) is 9.36 Å². The Morgan fingerprint density at radius 1 is 1.03 bits per heavy atom. The number of carbonyl (C=O) groups excluding carboxylic acids is 1. The van der Waals surface area contributed by atoms with Gasteiger partial charge in [-0.25, -0.2) is 0 Å². The minimum atomic E-state index is 0.0510. The van der Waals surface area contributed by atoms with Crippen LogP contribution < -0.4 is 4.74 Å². The largest absolute Gasteiger partial charge is 0.485 e. The van der Waals surface area contributed by atoms with E-state index in [9.17, 15) is 4.79 Å². The molecule has 3 aromatic carbocycles. The van der Waals surface area contributed by atoms with E-state index in [4.69, 9.17) is 4.74 Å². The number of ether oxygens (including phenoxy) is 1. The SMILES string of the molecule is Cc1ccc(C(C)C)c(OCc2nnc(SCC(=O)c3ccccc3)n2-c2ccc(Br)cc2)c1. The van der Waals surface area contributed by atoms with Gasteiger partial charge in [0.25, 0.3) is 0 Å². The Hall–Kier alpha value is -2.90. The zero-order chi connectivity index (χ0) is 24.1. The first-order valence-corrected chi connectivity index (χ1v) is 12.8. The summed E-state index contributed by atoms with van der Waals surface area (Å²) in [6.07, 6.45) is 0. The molecule has 0 saturated heterocycles. The number of hydrogen-bond acceptors (Lipinski definition) is 5. The maximum Gasteiger partial charge on any atom is 0.196 e. The Labute approximate surface area is 212 Å². The Bertz CT molecular complexity index is 1270. The summed E-state index contributed by atoms with van der Waals surface area (Å²) < 4.78 is 9.19. The highest BCUT2D eigenvalue weighted by atomic mass is 79.9.